The Hall–Kier alpha value is -2.57. The first-order chi connectivity index (χ1) is 8.58. The molecule has 1 aromatic heterocycles. The summed E-state index contributed by atoms with van der Waals surface area (Å²) in [5.41, 5.74) is 0.688. The van der Waals surface area contributed by atoms with Crippen LogP contribution in [0.1, 0.15) is 17.2 Å². The van der Waals surface area contributed by atoms with Gasteiger partial charge in [-0.3, -0.25) is 10.1 Å². The fourth-order valence-corrected chi connectivity index (χ4v) is 1.47. The molecule has 0 amide bonds. The van der Waals surface area contributed by atoms with Crippen LogP contribution in [0.2, 0.25) is 0 Å². The van der Waals surface area contributed by atoms with Gasteiger partial charge < -0.3 is 0 Å². The van der Waals surface area contributed by atoms with Crippen molar-refractivity contribution in [2.45, 2.75) is 13.8 Å². The number of rotatable bonds is 3. The Kier molecular flexibility index (Phi) is 3.13. The van der Waals surface area contributed by atoms with E-state index in [9.17, 15) is 10.1 Å². The average molecular weight is 245 g/mol. The number of benzene rings is 1. The lowest BCUT2D eigenvalue weighted by Crippen LogP contribution is -1.96. The zero-order chi connectivity index (χ0) is 13.1. The topological polar surface area (TPSA) is 86.2 Å². The Balaban J connectivity index is 2.29. The lowest BCUT2D eigenvalue weighted by atomic mass is 10.2. The molecule has 0 aliphatic carbocycles. The maximum Gasteiger partial charge on any atom is 0.270 e. The van der Waals surface area contributed by atoms with Crippen molar-refractivity contribution in [2.75, 3.05) is 0 Å². The van der Waals surface area contributed by atoms with Crippen molar-refractivity contribution in [1.29, 1.82) is 0 Å². The first-order valence-corrected chi connectivity index (χ1v) is 5.25. The van der Waals surface area contributed by atoms with Gasteiger partial charge in [0.25, 0.3) is 5.69 Å². The molecule has 2 rings (SSSR count). The summed E-state index contributed by atoms with van der Waals surface area (Å²) in [6.45, 7) is 3.57. The molecule has 0 bridgehead atoms. The fraction of sp³-hybridized carbons (Fsp3) is 0.182. The first kappa shape index (κ1) is 11.9. The Morgan fingerprint density at radius 2 is 2.00 bits per heavy atom. The van der Waals surface area contributed by atoms with E-state index in [1.165, 1.54) is 18.3 Å². The number of aromatic nitrogens is 3. The zero-order valence-corrected chi connectivity index (χ0v) is 9.94. The molecule has 1 aromatic carbocycles. The second kappa shape index (κ2) is 4.74. The van der Waals surface area contributed by atoms with Gasteiger partial charge in [0.05, 0.1) is 11.1 Å². The molecule has 2 aromatic rings. The molecule has 7 nitrogen and oxygen atoms in total. The van der Waals surface area contributed by atoms with E-state index in [4.69, 9.17) is 0 Å². The van der Waals surface area contributed by atoms with Gasteiger partial charge >= 0.3 is 0 Å². The average Bonchev–Trinajstić information content (AvgIpc) is 2.67. The molecule has 18 heavy (non-hydrogen) atoms. The van der Waals surface area contributed by atoms with Crippen LogP contribution >= 0.6 is 0 Å². The minimum Gasteiger partial charge on any atom is -0.258 e. The fourth-order valence-electron chi connectivity index (χ4n) is 1.47. The van der Waals surface area contributed by atoms with E-state index >= 15 is 0 Å². The van der Waals surface area contributed by atoms with Crippen LogP contribution in [0.5, 0.6) is 0 Å². The van der Waals surface area contributed by atoms with Gasteiger partial charge in [-0.1, -0.05) is 12.1 Å². The molecule has 0 aliphatic heterocycles. The molecule has 0 atom stereocenters. The molecule has 1 heterocycles. The second-order valence-electron chi connectivity index (χ2n) is 3.70. The molecule has 92 valence electrons. The molecular formula is C11H11N5O2. The minimum atomic E-state index is -0.438. The van der Waals surface area contributed by atoms with Crippen LogP contribution in [0.25, 0.3) is 0 Å². The first-order valence-electron chi connectivity index (χ1n) is 5.25. The summed E-state index contributed by atoms with van der Waals surface area (Å²) < 4.78 is 1.57. The predicted molar refractivity (Wildman–Crippen MR) is 65.6 cm³/mol. The molecule has 0 aliphatic rings. The maximum atomic E-state index is 10.6. The van der Waals surface area contributed by atoms with Gasteiger partial charge in [0, 0.05) is 17.7 Å². The Morgan fingerprint density at radius 1 is 1.33 bits per heavy atom. The van der Waals surface area contributed by atoms with Gasteiger partial charge in [0.2, 0.25) is 0 Å². The lowest BCUT2D eigenvalue weighted by molar-refractivity contribution is -0.384. The van der Waals surface area contributed by atoms with Crippen molar-refractivity contribution in [2.24, 2.45) is 5.10 Å². The normalized spacial score (nSPS) is 11.0. The minimum absolute atomic E-state index is 0.0381. The molecule has 7 heteroatoms. The second-order valence-corrected chi connectivity index (χ2v) is 3.70. The number of hydrogen-bond donors (Lipinski definition) is 0. The van der Waals surface area contributed by atoms with Gasteiger partial charge in [-0.25, -0.2) is 4.68 Å². The molecule has 0 saturated carbocycles. The third-order valence-electron chi connectivity index (χ3n) is 2.36. The number of nitrogens with zero attached hydrogens (tertiary/aromatic N) is 5. The highest BCUT2D eigenvalue weighted by molar-refractivity contribution is 5.80. The zero-order valence-electron chi connectivity index (χ0n) is 9.94. The van der Waals surface area contributed by atoms with E-state index in [0.29, 0.717) is 17.2 Å². The van der Waals surface area contributed by atoms with Crippen LogP contribution < -0.4 is 0 Å². The molecule has 0 saturated heterocycles. The van der Waals surface area contributed by atoms with E-state index in [0.717, 1.165) is 0 Å². The van der Waals surface area contributed by atoms with Gasteiger partial charge in [-0.2, -0.15) is 5.10 Å². The Labute approximate surface area is 103 Å². The quantitative estimate of drug-likeness (QED) is 0.467. The molecular weight excluding hydrogens is 234 g/mol. The smallest absolute Gasteiger partial charge is 0.258 e. The number of nitro groups is 1. The standard InChI is InChI=1S/C11H11N5O2/c1-8-13-14-9(2)15(8)12-7-10-4-3-5-11(6-10)16(17)18/h3-7H,1-2H3/b12-7+. The van der Waals surface area contributed by atoms with E-state index in [1.54, 1.807) is 30.7 Å². The van der Waals surface area contributed by atoms with E-state index in [2.05, 4.69) is 15.3 Å². The van der Waals surface area contributed by atoms with Crippen molar-refractivity contribution in [3.8, 4) is 0 Å². The molecule has 0 radical (unpaired) electrons. The SMILES string of the molecule is Cc1nnc(C)n1/N=C/c1cccc([N+](=O)[O-])c1. The number of hydrogen-bond acceptors (Lipinski definition) is 5. The van der Waals surface area contributed by atoms with Gasteiger partial charge in [0.15, 0.2) is 11.6 Å². The number of nitro benzene ring substituents is 1. The van der Waals surface area contributed by atoms with Crippen LogP contribution in [0.15, 0.2) is 29.4 Å². The van der Waals surface area contributed by atoms with Crippen molar-refractivity contribution in [3.63, 3.8) is 0 Å². The maximum absolute atomic E-state index is 10.6. The number of aryl methyl sites for hydroxylation is 2. The highest BCUT2D eigenvalue weighted by Crippen LogP contribution is 2.11. The highest BCUT2D eigenvalue weighted by Gasteiger charge is 2.05. The third kappa shape index (κ3) is 2.40. The van der Waals surface area contributed by atoms with Gasteiger partial charge in [-0.05, 0) is 13.8 Å². The van der Waals surface area contributed by atoms with E-state index in [-0.39, 0.29) is 5.69 Å². The van der Waals surface area contributed by atoms with Crippen LogP contribution in [0.3, 0.4) is 0 Å². The molecule has 0 spiro atoms. The highest BCUT2D eigenvalue weighted by atomic mass is 16.6. The summed E-state index contributed by atoms with van der Waals surface area (Å²) in [7, 11) is 0. The van der Waals surface area contributed by atoms with Crippen molar-refractivity contribution in [3.05, 3.63) is 51.6 Å². The molecule has 0 fully saturated rings. The van der Waals surface area contributed by atoms with Crippen molar-refractivity contribution >= 4 is 11.9 Å². The lowest BCUT2D eigenvalue weighted by Gasteiger charge is -1.97. The molecule has 0 unspecified atom stereocenters. The Morgan fingerprint density at radius 3 is 2.61 bits per heavy atom. The monoisotopic (exact) mass is 245 g/mol. The van der Waals surface area contributed by atoms with Crippen LogP contribution in [-0.2, 0) is 0 Å². The van der Waals surface area contributed by atoms with Crippen molar-refractivity contribution in [1.82, 2.24) is 14.9 Å². The summed E-state index contributed by atoms with van der Waals surface area (Å²) in [5.74, 6) is 1.32. The third-order valence-corrected chi connectivity index (χ3v) is 2.36. The Bertz CT molecular complexity index is 598. The molecule has 0 N–H and O–H groups in total. The van der Waals surface area contributed by atoms with Crippen LogP contribution in [0.4, 0.5) is 5.69 Å². The van der Waals surface area contributed by atoms with Crippen LogP contribution in [-0.4, -0.2) is 26.0 Å². The van der Waals surface area contributed by atoms with Crippen LogP contribution in [0, 0.1) is 24.0 Å². The van der Waals surface area contributed by atoms with Crippen molar-refractivity contribution < 1.29 is 4.92 Å². The van der Waals surface area contributed by atoms with Gasteiger partial charge in [0.1, 0.15) is 0 Å². The summed E-state index contributed by atoms with van der Waals surface area (Å²) >= 11 is 0. The van der Waals surface area contributed by atoms with E-state index < -0.39 is 4.92 Å². The summed E-state index contributed by atoms with van der Waals surface area (Å²) in [4.78, 5) is 10.2. The summed E-state index contributed by atoms with van der Waals surface area (Å²) in [6.07, 6.45) is 1.54. The predicted octanol–water partition coefficient (Wildman–Crippen LogP) is 1.69. The van der Waals surface area contributed by atoms with E-state index in [1.807, 2.05) is 0 Å². The number of non-ortho nitro benzene ring substituents is 1. The summed E-state index contributed by atoms with van der Waals surface area (Å²) in [6, 6.07) is 6.25. The van der Waals surface area contributed by atoms with Gasteiger partial charge in [-0.15, -0.1) is 10.2 Å². The largest absolute Gasteiger partial charge is 0.270 e. The summed E-state index contributed by atoms with van der Waals surface area (Å²) in [5, 5.41) is 22.5.